The van der Waals surface area contributed by atoms with Crippen molar-refractivity contribution in [2.24, 2.45) is 4.99 Å². The number of anilines is 1. The van der Waals surface area contributed by atoms with Gasteiger partial charge in [-0.25, -0.2) is 4.99 Å². The first kappa shape index (κ1) is 25.3. The van der Waals surface area contributed by atoms with Crippen molar-refractivity contribution in [3.8, 4) is 0 Å². The third-order valence-electron chi connectivity index (χ3n) is 6.23. The molecule has 2 aliphatic heterocycles. The number of rotatable bonds is 6. The number of piperazine rings is 1. The molecule has 1 amide bonds. The molecule has 2 saturated heterocycles. The number of likely N-dealkylation sites (tertiary alicyclic amines) is 1. The summed E-state index contributed by atoms with van der Waals surface area (Å²) >= 11 is 0. The number of nitrogens with one attached hydrogen (secondary N) is 1. The maximum absolute atomic E-state index is 11.9. The van der Waals surface area contributed by atoms with Crippen molar-refractivity contribution in [2.45, 2.75) is 39.8 Å². The summed E-state index contributed by atoms with van der Waals surface area (Å²) in [5.74, 6) is 1.25. The van der Waals surface area contributed by atoms with Crippen molar-refractivity contribution in [3.63, 3.8) is 0 Å². The zero-order valence-corrected chi connectivity index (χ0v) is 22.1. The van der Waals surface area contributed by atoms with Crippen LogP contribution in [0.5, 0.6) is 0 Å². The molecule has 0 bridgehead atoms. The van der Waals surface area contributed by atoms with Gasteiger partial charge in [0.2, 0.25) is 5.91 Å². The molecule has 0 spiro atoms. The smallest absolute Gasteiger partial charge is 0.222 e. The van der Waals surface area contributed by atoms with E-state index in [9.17, 15) is 4.79 Å². The molecule has 1 N–H and O–H groups in total. The maximum atomic E-state index is 11.9. The van der Waals surface area contributed by atoms with E-state index in [1.807, 2.05) is 4.90 Å². The largest absolute Gasteiger partial charge is 0.368 e. The molecule has 2 aromatic rings. The lowest BCUT2D eigenvalue weighted by atomic mass is 10.1. The van der Waals surface area contributed by atoms with E-state index in [1.165, 1.54) is 22.4 Å². The molecule has 2 aliphatic rings. The predicted octanol–water partition coefficient (Wildman–Crippen LogP) is 4.02. The van der Waals surface area contributed by atoms with E-state index in [4.69, 9.17) is 4.99 Å². The molecule has 2 aromatic carbocycles. The van der Waals surface area contributed by atoms with Crippen LogP contribution >= 0.6 is 24.0 Å². The molecule has 2 fully saturated rings. The lowest BCUT2D eigenvalue weighted by Gasteiger charge is -2.37. The summed E-state index contributed by atoms with van der Waals surface area (Å²) in [4.78, 5) is 23.7. The molecular formula is C26H36IN5O. The number of hydrogen-bond acceptors (Lipinski definition) is 3. The van der Waals surface area contributed by atoms with E-state index >= 15 is 0 Å². The molecule has 178 valence electrons. The van der Waals surface area contributed by atoms with Crippen LogP contribution in [0.15, 0.2) is 53.5 Å². The van der Waals surface area contributed by atoms with Gasteiger partial charge in [0.15, 0.2) is 5.96 Å². The summed E-state index contributed by atoms with van der Waals surface area (Å²) in [5, 5.41) is 3.47. The first-order valence-corrected chi connectivity index (χ1v) is 11.8. The Kier molecular flexibility index (Phi) is 9.41. The Morgan fingerprint density at radius 1 is 1.00 bits per heavy atom. The highest BCUT2D eigenvalue weighted by atomic mass is 127. The van der Waals surface area contributed by atoms with E-state index in [0.717, 1.165) is 51.6 Å². The molecule has 0 atom stereocenters. The molecule has 0 aromatic heterocycles. The highest BCUT2D eigenvalue weighted by Crippen LogP contribution is 2.18. The Morgan fingerprint density at radius 3 is 2.45 bits per heavy atom. The zero-order valence-electron chi connectivity index (χ0n) is 19.8. The topological polar surface area (TPSA) is 51.2 Å². The van der Waals surface area contributed by atoms with E-state index < -0.39 is 0 Å². The molecule has 7 heteroatoms. The van der Waals surface area contributed by atoms with Gasteiger partial charge in [0, 0.05) is 57.9 Å². The summed E-state index contributed by atoms with van der Waals surface area (Å²) in [6.07, 6.45) is 1.67. The van der Waals surface area contributed by atoms with Gasteiger partial charge in [0.1, 0.15) is 0 Å². The first-order chi connectivity index (χ1) is 15.6. The number of guanidine groups is 1. The average Bonchev–Trinajstić information content (AvgIpc) is 3.21. The van der Waals surface area contributed by atoms with Gasteiger partial charge >= 0.3 is 0 Å². The maximum Gasteiger partial charge on any atom is 0.222 e. The van der Waals surface area contributed by atoms with Crippen LogP contribution in [0.4, 0.5) is 5.69 Å². The second-order valence-electron chi connectivity index (χ2n) is 8.72. The van der Waals surface area contributed by atoms with Crippen LogP contribution < -0.4 is 10.2 Å². The Hall–Kier alpha value is -2.29. The van der Waals surface area contributed by atoms with Gasteiger partial charge in [0.05, 0.1) is 6.54 Å². The van der Waals surface area contributed by atoms with Crippen molar-refractivity contribution in [1.82, 2.24) is 15.1 Å². The highest BCUT2D eigenvalue weighted by Gasteiger charge is 2.21. The molecule has 0 saturated carbocycles. The lowest BCUT2D eigenvalue weighted by molar-refractivity contribution is -0.128. The van der Waals surface area contributed by atoms with Crippen LogP contribution in [-0.2, 0) is 17.9 Å². The summed E-state index contributed by atoms with van der Waals surface area (Å²) < 4.78 is 0. The molecule has 6 nitrogen and oxygen atoms in total. The van der Waals surface area contributed by atoms with E-state index in [0.29, 0.717) is 19.5 Å². The van der Waals surface area contributed by atoms with E-state index in [2.05, 4.69) is 77.5 Å². The van der Waals surface area contributed by atoms with Crippen molar-refractivity contribution < 1.29 is 4.79 Å². The Bertz CT molecular complexity index is 955. The Morgan fingerprint density at radius 2 is 1.76 bits per heavy atom. The van der Waals surface area contributed by atoms with Gasteiger partial charge in [-0.05, 0) is 49.1 Å². The third-order valence-corrected chi connectivity index (χ3v) is 6.23. The molecule has 33 heavy (non-hydrogen) atoms. The summed E-state index contributed by atoms with van der Waals surface area (Å²) in [5.41, 5.74) is 4.98. The number of carbonyl (C=O) groups is 1. The molecule has 0 unspecified atom stereocenters. The minimum absolute atomic E-state index is 0. The number of hydrogen-bond donors (Lipinski definition) is 1. The van der Waals surface area contributed by atoms with Gasteiger partial charge in [-0.1, -0.05) is 36.4 Å². The number of nitrogens with zero attached hydrogens (tertiary/aromatic N) is 4. The number of halogens is 1. The Labute approximate surface area is 215 Å². The van der Waals surface area contributed by atoms with Gasteiger partial charge in [-0.3, -0.25) is 4.79 Å². The monoisotopic (exact) mass is 561 g/mol. The van der Waals surface area contributed by atoms with Gasteiger partial charge in [0.25, 0.3) is 0 Å². The number of carbonyl (C=O) groups excluding carboxylic acids is 1. The molecule has 4 rings (SSSR count). The fourth-order valence-electron chi connectivity index (χ4n) is 4.51. The van der Waals surface area contributed by atoms with E-state index in [-0.39, 0.29) is 29.9 Å². The van der Waals surface area contributed by atoms with Gasteiger partial charge < -0.3 is 20.0 Å². The SMILES string of the molecule is CCNC(=NCc1cccc(CN2CCCC2=O)c1)N1CCN(c2cccc(C)c2)CC1.I. The minimum atomic E-state index is 0. The quantitative estimate of drug-likeness (QED) is 0.329. The highest BCUT2D eigenvalue weighted by molar-refractivity contribution is 14.0. The van der Waals surface area contributed by atoms with Crippen LogP contribution in [-0.4, -0.2) is 60.9 Å². The van der Waals surface area contributed by atoms with Crippen LogP contribution in [0.3, 0.4) is 0 Å². The molecule has 2 heterocycles. The summed E-state index contributed by atoms with van der Waals surface area (Å²) in [6.45, 7) is 11.2. The van der Waals surface area contributed by atoms with Crippen LogP contribution in [0.1, 0.15) is 36.5 Å². The van der Waals surface area contributed by atoms with E-state index in [1.54, 1.807) is 0 Å². The third kappa shape index (κ3) is 6.85. The number of aliphatic imine (C=N–C) groups is 1. The zero-order chi connectivity index (χ0) is 22.3. The standard InChI is InChI=1S/C26H35N5O.HI/c1-3-27-26(30-15-13-29(14-16-30)24-10-4-7-21(2)17-24)28-19-22-8-5-9-23(18-22)20-31-12-6-11-25(31)32;/h4-5,7-10,17-18H,3,6,11-16,19-20H2,1-2H3,(H,27,28);1H. The fraction of sp³-hybridized carbons (Fsp3) is 0.462. The van der Waals surface area contributed by atoms with Crippen molar-refractivity contribution in [3.05, 3.63) is 65.2 Å². The molecule has 0 radical (unpaired) electrons. The summed E-state index contributed by atoms with van der Waals surface area (Å²) in [6, 6.07) is 17.2. The van der Waals surface area contributed by atoms with Gasteiger partial charge in [-0.2, -0.15) is 0 Å². The second kappa shape index (κ2) is 12.3. The normalized spacial score (nSPS) is 16.7. The second-order valence-corrected chi connectivity index (χ2v) is 8.72. The number of amides is 1. The number of benzene rings is 2. The van der Waals surface area contributed by atoms with Crippen LogP contribution in [0.2, 0.25) is 0 Å². The van der Waals surface area contributed by atoms with Crippen molar-refractivity contribution in [2.75, 3.05) is 44.2 Å². The van der Waals surface area contributed by atoms with Crippen LogP contribution in [0.25, 0.3) is 0 Å². The average molecular weight is 562 g/mol. The minimum Gasteiger partial charge on any atom is -0.368 e. The van der Waals surface area contributed by atoms with Crippen molar-refractivity contribution >= 4 is 41.5 Å². The summed E-state index contributed by atoms with van der Waals surface area (Å²) in [7, 11) is 0. The van der Waals surface area contributed by atoms with Gasteiger partial charge in [-0.15, -0.1) is 24.0 Å². The lowest BCUT2D eigenvalue weighted by Crippen LogP contribution is -2.52. The van der Waals surface area contributed by atoms with Crippen molar-refractivity contribution in [1.29, 1.82) is 0 Å². The molecular weight excluding hydrogens is 525 g/mol. The first-order valence-electron chi connectivity index (χ1n) is 11.8. The molecule has 0 aliphatic carbocycles. The Balaban J connectivity index is 0.00000306. The van der Waals surface area contributed by atoms with Crippen LogP contribution in [0, 0.1) is 6.92 Å². The fourth-order valence-corrected chi connectivity index (χ4v) is 4.51. The number of aryl methyl sites for hydroxylation is 1. The predicted molar refractivity (Wildman–Crippen MR) is 146 cm³/mol.